The quantitative estimate of drug-likeness (QED) is 0.744. The van der Waals surface area contributed by atoms with E-state index in [0.717, 1.165) is 22.0 Å². The molecule has 0 saturated carbocycles. The standard InChI is InChI=1S/C15H12N2O/c18-15(11-6-9-16-10-7-11)13-3-1-5-14-12(13)4-2-8-17-14/h1-10,15,18H. The Morgan fingerprint density at radius 2 is 1.72 bits per heavy atom. The molecule has 0 fully saturated rings. The highest BCUT2D eigenvalue weighted by molar-refractivity contribution is 5.82. The zero-order valence-corrected chi connectivity index (χ0v) is 9.69. The summed E-state index contributed by atoms with van der Waals surface area (Å²) in [7, 11) is 0. The van der Waals surface area contributed by atoms with Crippen molar-refractivity contribution in [2.24, 2.45) is 0 Å². The van der Waals surface area contributed by atoms with Gasteiger partial charge in [0.1, 0.15) is 6.10 Å². The molecule has 1 atom stereocenters. The zero-order chi connectivity index (χ0) is 12.4. The Morgan fingerprint density at radius 3 is 2.56 bits per heavy atom. The highest BCUT2D eigenvalue weighted by Gasteiger charge is 2.13. The number of aromatic nitrogens is 2. The molecule has 0 radical (unpaired) electrons. The highest BCUT2D eigenvalue weighted by atomic mass is 16.3. The van der Waals surface area contributed by atoms with E-state index in [2.05, 4.69) is 9.97 Å². The van der Waals surface area contributed by atoms with Crippen LogP contribution in [0.3, 0.4) is 0 Å². The average Bonchev–Trinajstić information content (AvgIpc) is 2.47. The van der Waals surface area contributed by atoms with Crippen LogP contribution in [0.1, 0.15) is 17.2 Å². The molecule has 2 heterocycles. The van der Waals surface area contributed by atoms with Crippen LogP contribution in [0.4, 0.5) is 0 Å². The third kappa shape index (κ3) is 1.85. The Hall–Kier alpha value is -2.26. The molecule has 2 aromatic heterocycles. The minimum Gasteiger partial charge on any atom is -0.384 e. The molecule has 0 amide bonds. The van der Waals surface area contributed by atoms with E-state index in [4.69, 9.17) is 0 Å². The predicted molar refractivity (Wildman–Crippen MR) is 70.0 cm³/mol. The summed E-state index contributed by atoms with van der Waals surface area (Å²) in [5, 5.41) is 11.4. The number of fused-ring (bicyclic) bond motifs is 1. The largest absolute Gasteiger partial charge is 0.384 e. The lowest BCUT2D eigenvalue weighted by molar-refractivity contribution is 0.222. The fourth-order valence-electron chi connectivity index (χ4n) is 2.09. The van der Waals surface area contributed by atoms with Crippen LogP contribution < -0.4 is 0 Å². The van der Waals surface area contributed by atoms with Gasteiger partial charge in [0.25, 0.3) is 0 Å². The molecule has 0 aliphatic rings. The molecule has 1 unspecified atom stereocenters. The van der Waals surface area contributed by atoms with Gasteiger partial charge < -0.3 is 5.11 Å². The second-order valence-electron chi connectivity index (χ2n) is 4.10. The molecule has 3 aromatic rings. The van der Waals surface area contributed by atoms with Crippen LogP contribution in [-0.2, 0) is 0 Å². The summed E-state index contributed by atoms with van der Waals surface area (Å²) < 4.78 is 0. The number of rotatable bonds is 2. The molecule has 0 aliphatic carbocycles. The molecular formula is C15H12N2O. The first-order valence-corrected chi connectivity index (χ1v) is 5.78. The third-order valence-corrected chi connectivity index (χ3v) is 3.00. The summed E-state index contributed by atoms with van der Waals surface area (Å²) in [5.41, 5.74) is 2.59. The normalized spacial score (nSPS) is 12.5. The lowest BCUT2D eigenvalue weighted by atomic mass is 9.98. The Kier molecular flexibility index (Phi) is 2.74. The number of aliphatic hydroxyl groups is 1. The minimum atomic E-state index is -0.652. The minimum absolute atomic E-state index is 0.652. The van der Waals surface area contributed by atoms with Gasteiger partial charge in [0.15, 0.2) is 0 Å². The highest BCUT2D eigenvalue weighted by Crippen LogP contribution is 2.27. The molecule has 0 saturated heterocycles. The molecule has 1 N–H and O–H groups in total. The van der Waals surface area contributed by atoms with Gasteiger partial charge in [0, 0.05) is 24.0 Å². The SMILES string of the molecule is OC(c1ccncc1)c1cccc2ncccc12. The molecule has 1 aromatic carbocycles. The van der Waals surface area contributed by atoms with Gasteiger partial charge in [-0.05, 0) is 35.4 Å². The molecule has 3 nitrogen and oxygen atoms in total. The maximum absolute atomic E-state index is 10.4. The summed E-state index contributed by atoms with van der Waals surface area (Å²) in [5.74, 6) is 0. The van der Waals surface area contributed by atoms with Crippen molar-refractivity contribution >= 4 is 10.9 Å². The lowest BCUT2D eigenvalue weighted by Crippen LogP contribution is -2.00. The number of aliphatic hydroxyl groups excluding tert-OH is 1. The van der Waals surface area contributed by atoms with Crippen LogP contribution in [0.25, 0.3) is 10.9 Å². The Bertz CT molecular complexity index is 662. The van der Waals surface area contributed by atoms with Crippen LogP contribution in [0, 0.1) is 0 Å². The number of pyridine rings is 2. The van der Waals surface area contributed by atoms with E-state index in [1.54, 1.807) is 18.6 Å². The fraction of sp³-hybridized carbons (Fsp3) is 0.0667. The van der Waals surface area contributed by atoms with Crippen molar-refractivity contribution in [3.63, 3.8) is 0 Å². The number of hydrogen-bond acceptors (Lipinski definition) is 3. The van der Waals surface area contributed by atoms with E-state index in [-0.39, 0.29) is 0 Å². The molecule has 3 rings (SSSR count). The van der Waals surface area contributed by atoms with Gasteiger partial charge in [-0.15, -0.1) is 0 Å². The van der Waals surface area contributed by atoms with Crippen LogP contribution in [0.15, 0.2) is 61.1 Å². The molecule has 88 valence electrons. The summed E-state index contributed by atoms with van der Waals surface area (Å²) in [4.78, 5) is 8.25. The first-order chi connectivity index (χ1) is 8.86. The van der Waals surface area contributed by atoms with Crippen molar-refractivity contribution in [3.05, 3.63) is 72.2 Å². The number of hydrogen-bond donors (Lipinski definition) is 1. The van der Waals surface area contributed by atoms with Crippen LogP contribution >= 0.6 is 0 Å². The van der Waals surface area contributed by atoms with Crippen LogP contribution in [0.5, 0.6) is 0 Å². The second-order valence-corrected chi connectivity index (χ2v) is 4.10. The summed E-state index contributed by atoms with van der Waals surface area (Å²) in [6.07, 6.45) is 4.47. The monoisotopic (exact) mass is 236 g/mol. The van der Waals surface area contributed by atoms with Gasteiger partial charge in [0.05, 0.1) is 5.52 Å². The Morgan fingerprint density at radius 1 is 0.889 bits per heavy atom. The van der Waals surface area contributed by atoms with Gasteiger partial charge in [-0.25, -0.2) is 0 Å². The summed E-state index contributed by atoms with van der Waals surface area (Å²) in [6.45, 7) is 0. The van der Waals surface area contributed by atoms with Crippen molar-refractivity contribution in [1.82, 2.24) is 9.97 Å². The van der Waals surface area contributed by atoms with Crippen molar-refractivity contribution in [2.45, 2.75) is 6.10 Å². The molecule has 0 bridgehead atoms. The van der Waals surface area contributed by atoms with E-state index >= 15 is 0 Å². The molecule has 3 heteroatoms. The van der Waals surface area contributed by atoms with E-state index in [1.807, 2.05) is 42.5 Å². The molecular weight excluding hydrogens is 224 g/mol. The maximum atomic E-state index is 10.4. The number of benzene rings is 1. The fourth-order valence-corrected chi connectivity index (χ4v) is 2.09. The van der Waals surface area contributed by atoms with Gasteiger partial charge >= 0.3 is 0 Å². The maximum Gasteiger partial charge on any atom is 0.105 e. The van der Waals surface area contributed by atoms with Crippen molar-refractivity contribution in [2.75, 3.05) is 0 Å². The van der Waals surface area contributed by atoms with Gasteiger partial charge in [0.2, 0.25) is 0 Å². The van der Waals surface area contributed by atoms with E-state index in [1.165, 1.54) is 0 Å². The first kappa shape index (κ1) is 10.9. The van der Waals surface area contributed by atoms with Crippen molar-refractivity contribution < 1.29 is 5.11 Å². The molecule has 0 aliphatic heterocycles. The summed E-state index contributed by atoms with van der Waals surface area (Å²) in [6, 6.07) is 13.3. The Labute approximate surface area is 105 Å². The van der Waals surface area contributed by atoms with Gasteiger partial charge in [-0.2, -0.15) is 0 Å². The number of nitrogens with zero attached hydrogens (tertiary/aromatic N) is 2. The van der Waals surface area contributed by atoms with Crippen molar-refractivity contribution in [3.8, 4) is 0 Å². The predicted octanol–water partition coefficient (Wildman–Crippen LogP) is 2.71. The molecule has 0 spiro atoms. The van der Waals surface area contributed by atoms with Crippen molar-refractivity contribution in [1.29, 1.82) is 0 Å². The van der Waals surface area contributed by atoms with E-state index in [0.29, 0.717) is 0 Å². The van der Waals surface area contributed by atoms with Crippen LogP contribution in [-0.4, -0.2) is 15.1 Å². The molecule has 18 heavy (non-hydrogen) atoms. The second kappa shape index (κ2) is 4.55. The zero-order valence-electron chi connectivity index (χ0n) is 9.69. The summed E-state index contributed by atoms with van der Waals surface area (Å²) >= 11 is 0. The smallest absolute Gasteiger partial charge is 0.105 e. The van der Waals surface area contributed by atoms with Gasteiger partial charge in [-0.1, -0.05) is 18.2 Å². The first-order valence-electron chi connectivity index (χ1n) is 5.78. The topological polar surface area (TPSA) is 46.0 Å². The van der Waals surface area contributed by atoms with Crippen LogP contribution in [0.2, 0.25) is 0 Å². The lowest BCUT2D eigenvalue weighted by Gasteiger charge is -2.13. The average molecular weight is 236 g/mol. The third-order valence-electron chi connectivity index (χ3n) is 3.00. The van der Waals surface area contributed by atoms with E-state index in [9.17, 15) is 5.11 Å². The van der Waals surface area contributed by atoms with E-state index < -0.39 is 6.10 Å². The Balaban J connectivity index is 2.15. The van der Waals surface area contributed by atoms with Gasteiger partial charge in [-0.3, -0.25) is 9.97 Å².